The standard InChI is InChI=1S/C25H23FN6O3/c1-31-9-6-15(7-10-31)24(33)20-4-2-16-14-27-23(13-22(16)28-20)29-19-5-3-17(12-18(19)26)32-11-8-21(30-32)25(34)35/h2-5,8,11-15H,6-7,9-10H2,1H3,(H,27,29)(H,34,35). The monoisotopic (exact) mass is 474 g/mol. The van der Waals surface area contributed by atoms with Crippen LogP contribution in [0.4, 0.5) is 15.9 Å². The van der Waals surface area contributed by atoms with Gasteiger partial charge in [0.25, 0.3) is 0 Å². The maximum atomic E-state index is 14.8. The summed E-state index contributed by atoms with van der Waals surface area (Å²) in [6, 6.07) is 11.0. The average molecular weight is 474 g/mol. The smallest absolute Gasteiger partial charge is 0.356 e. The molecule has 1 aliphatic rings. The molecular weight excluding hydrogens is 451 g/mol. The van der Waals surface area contributed by atoms with E-state index in [0.717, 1.165) is 31.3 Å². The van der Waals surface area contributed by atoms with Crippen LogP contribution >= 0.6 is 0 Å². The van der Waals surface area contributed by atoms with Gasteiger partial charge in [0.1, 0.15) is 17.3 Å². The van der Waals surface area contributed by atoms with Crippen molar-refractivity contribution >= 4 is 34.2 Å². The van der Waals surface area contributed by atoms with Crippen LogP contribution < -0.4 is 5.32 Å². The number of halogens is 1. The molecule has 0 unspecified atom stereocenters. The number of anilines is 2. The topological polar surface area (TPSA) is 113 Å². The van der Waals surface area contributed by atoms with Crippen LogP contribution in [0.3, 0.4) is 0 Å². The lowest BCUT2D eigenvalue weighted by Gasteiger charge is -2.27. The summed E-state index contributed by atoms with van der Waals surface area (Å²) in [6.07, 6.45) is 4.72. The fourth-order valence-corrected chi connectivity index (χ4v) is 4.17. The lowest BCUT2D eigenvalue weighted by molar-refractivity contribution is 0.0689. The molecule has 1 fully saturated rings. The van der Waals surface area contributed by atoms with Crippen LogP contribution in [0.15, 0.2) is 54.9 Å². The summed E-state index contributed by atoms with van der Waals surface area (Å²) in [4.78, 5) is 35.1. The summed E-state index contributed by atoms with van der Waals surface area (Å²) in [5.74, 6) is -1.30. The van der Waals surface area contributed by atoms with Crippen LogP contribution in [0.2, 0.25) is 0 Å². The number of Topliss-reactive ketones (excluding diaryl/α,β-unsaturated/α-hetero) is 1. The number of likely N-dealkylation sites (tertiary alicyclic amines) is 1. The number of nitrogens with zero attached hydrogens (tertiary/aromatic N) is 5. The molecule has 35 heavy (non-hydrogen) atoms. The Balaban J connectivity index is 1.36. The SMILES string of the molecule is CN1CCC(C(=O)c2ccc3cnc(Nc4ccc(-n5ccc(C(=O)O)n5)cc4F)cc3n2)CC1. The van der Waals surface area contributed by atoms with Gasteiger partial charge >= 0.3 is 5.97 Å². The maximum Gasteiger partial charge on any atom is 0.356 e. The molecule has 0 atom stereocenters. The van der Waals surface area contributed by atoms with Gasteiger partial charge in [-0.2, -0.15) is 5.10 Å². The molecule has 10 heteroatoms. The molecule has 0 aliphatic carbocycles. The molecular formula is C25H23FN6O3. The van der Waals surface area contributed by atoms with Crippen LogP contribution in [0.5, 0.6) is 0 Å². The molecule has 0 amide bonds. The van der Waals surface area contributed by atoms with Crippen LogP contribution in [0.25, 0.3) is 16.6 Å². The Morgan fingerprint density at radius 3 is 2.60 bits per heavy atom. The number of aromatic nitrogens is 4. The highest BCUT2D eigenvalue weighted by atomic mass is 19.1. The van der Waals surface area contributed by atoms with Gasteiger partial charge in [-0.1, -0.05) is 0 Å². The van der Waals surface area contributed by atoms with Crippen molar-refractivity contribution in [3.63, 3.8) is 0 Å². The lowest BCUT2D eigenvalue weighted by atomic mass is 9.91. The molecule has 5 rings (SSSR count). The van der Waals surface area contributed by atoms with Crippen molar-refractivity contribution in [1.82, 2.24) is 24.6 Å². The van der Waals surface area contributed by atoms with Crippen LogP contribution in [0.1, 0.15) is 33.8 Å². The van der Waals surface area contributed by atoms with Crippen LogP contribution in [-0.2, 0) is 0 Å². The summed E-state index contributed by atoms with van der Waals surface area (Å²) < 4.78 is 16.1. The number of piperidine rings is 1. The number of benzene rings is 1. The molecule has 178 valence electrons. The zero-order valence-electron chi connectivity index (χ0n) is 19.0. The highest BCUT2D eigenvalue weighted by Gasteiger charge is 2.25. The minimum Gasteiger partial charge on any atom is -0.476 e. The second-order valence-electron chi connectivity index (χ2n) is 8.64. The second kappa shape index (κ2) is 9.22. The summed E-state index contributed by atoms with van der Waals surface area (Å²) in [5.41, 5.74) is 1.46. The highest BCUT2D eigenvalue weighted by Crippen LogP contribution is 2.25. The first-order valence-corrected chi connectivity index (χ1v) is 11.2. The molecule has 9 nitrogen and oxygen atoms in total. The van der Waals surface area contributed by atoms with E-state index >= 15 is 0 Å². The third kappa shape index (κ3) is 4.73. The molecule has 0 spiro atoms. The zero-order valence-corrected chi connectivity index (χ0v) is 19.0. The van der Waals surface area contributed by atoms with E-state index in [1.165, 1.54) is 29.1 Å². The van der Waals surface area contributed by atoms with Crippen molar-refractivity contribution in [2.24, 2.45) is 5.92 Å². The molecule has 1 aliphatic heterocycles. The Kier molecular flexibility index (Phi) is 5.96. The molecule has 0 radical (unpaired) electrons. The minimum atomic E-state index is -1.16. The van der Waals surface area contributed by atoms with Crippen molar-refractivity contribution in [3.8, 4) is 5.69 Å². The Labute approximate surface area is 200 Å². The maximum absolute atomic E-state index is 14.8. The summed E-state index contributed by atoms with van der Waals surface area (Å²) in [7, 11) is 2.06. The largest absolute Gasteiger partial charge is 0.476 e. The predicted octanol–water partition coefficient (Wildman–Crippen LogP) is 3.92. The Morgan fingerprint density at radius 2 is 1.89 bits per heavy atom. The number of carbonyl (C=O) groups is 2. The first-order valence-electron chi connectivity index (χ1n) is 11.2. The molecule has 0 bridgehead atoms. The molecule has 2 N–H and O–H groups in total. The fraction of sp³-hybridized carbons (Fsp3) is 0.240. The summed E-state index contributed by atoms with van der Waals surface area (Å²) in [6.45, 7) is 1.79. The number of carboxylic acids is 1. The third-order valence-electron chi connectivity index (χ3n) is 6.20. The lowest BCUT2D eigenvalue weighted by Crippen LogP contribution is -2.33. The summed E-state index contributed by atoms with van der Waals surface area (Å²) >= 11 is 0. The normalized spacial score (nSPS) is 14.8. The van der Waals surface area contributed by atoms with Gasteiger partial charge in [0, 0.05) is 35.8 Å². The Hall–Kier alpha value is -4.18. The predicted molar refractivity (Wildman–Crippen MR) is 128 cm³/mol. The van der Waals surface area contributed by atoms with E-state index in [2.05, 4.69) is 32.3 Å². The Morgan fingerprint density at radius 1 is 1.09 bits per heavy atom. The zero-order chi connectivity index (χ0) is 24.5. The van der Waals surface area contributed by atoms with E-state index in [0.29, 0.717) is 22.7 Å². The van der Waals surface area contributed by atoms with Crippen LogP contribution in [-0.4, -0.2) is 61.6 Å². The second-order valence-corrected chi connectivity index (χ2v) is 8.64. The van der Waals surface area contributed by atoms with Gasteiger partial charge in [-0.25, -0.2) is 23.8 Å². The quantitative estimate of drug-likeness (QED) is 0.404. The van der Waals surface area contributed by atoms with Gasteiger partial charge in [-0.3, -0.25) is 4.79 Å². The van der Waals surface area contributed by atoms with E-state index in [1.54, 1.807) is 24.4 Å². The number of carboxylic acid groups (broad SMARTS) is 1. The Bertz CT molecular complexity index is 1430. The van der Waals surface area contributed by atoms with Crippen molar-refractivity contribution in [3.05, 3.63) is 72.1 Å². The van der Waals surface area contributed by atoms with E-state index in [-0.39, 0.29) is 23.1 Å². The van der Waals surface area contributed by atoms with Gasteiger partial charge < -0.3 is 15.3 Å². The van der Waals surface area contributed by atoms with Crippen LogP contribution in [0, 0.1) is 11.7 Å². The van der Waals surface area contributed by atoms with Gasteiger partial charge in [-0.15, -0.1) is 0 Å². The van der Waals surface area contributed by atoms with E-state index in [1.807, 2.05) is 6.07 Å². The van der Waals surface area contributed by atoms with E-state index < -0.39 is 11.8 Å². The number of hydrogen-bond donors (Lipinski definition) is 2. The molecule has 4 heterocycles. The molecule has 1 aromatic carbocycles. The van der Waals surface area contributed by atoms with Crippen molar-refractivity contribution < 1.29 is 19.1 Å². The van der Waals surface area contributed by atoms with E-state index in [4.69, 9.17) is 5.11 Å². The number of carbonyl (C=O) groups excluding carboxylic acids is 1. The first kappa shape index (κ1) is 22.6. The molecule has 1 saturated heterocycles. The van der Waals surface area contributed by atoms with Crippen molar-refractivity contribution in [2.45, 2.75) is 12.8 Å². The number of fused-ring (bicyclic) bond motifs is 1. The number of aromatic carboxylic acids is 1. The van der Waals surface area contributed by atoms with Gasteiger partial charge in [0.15, 0.2) is 11.5 Å². The first-order chi connectivity index (χ1) is 16.9. The van der Waals surface area contributed by atoms with E-state index in [9.17, 15) is 14.0 Å². The molecule has 3 aromatic heterocycles. The van der Waals surface area contributed by atoms with Crippen molar-refractivity contribution in [1.29, 1.82) is 0 Å². The molecule has 0 saturated carbocycles. The summed E-state index contributed by atoms with van der Waals surface area (Å²) in [5, 5.41) is 16.6. The highest BCUT2D eigenvalue weighted by molar-refractivity contribution is 5.98. The number of nitrogens with one attached hydrogen (secondary N) is 1. The van der Waals surface area contributed by atoms with Crippen molar-refractivity contribution in [2.75, 3.05) is 25.5 Å². The van der Waals surface area contributed by atoms with Gasteiger partial charge in [0.2, 0.25) is 0 Å². The number of ketones is 1. The number of rotatable bonds is 6. The third-order valence-corrected chi connectivity index (χ3v) is 6.20. The average Bonchev–Trinajstić information content (AvgIpc) is 3.36. The van der Waals surface area contributed by atoms with Gasteiger partial charge in [0.05, 0.1) is 16.9 Å². The van der Waals surface area contributed by atoms with Gasteiger partial charge in [-0.05, 0) is 63.3 Å². The number of hydrogen-bond acceptors (Lipinski definition) is 7. The fourth-order valence-electron chi connectivity index (χ4n) is 4.17. The minimum absolute atomic E-state index is 0.0236. The molecule has 4 aromatic rings. The number of pyridine rings is 2.